The molecule has 3 aromatic carbocycles. The van der Waals surface area contributed by atoms with Crippen molar-refractivity contribution in [1.29, 1.82) is 0 Å². The maximum Gasteiger partial charge on any atom is 0.276 e. The van der Waals surface area contributed by atoms with Crippen LogP contribution in [0.3, 0.4) is 0 Å². The molecule has 0 amide bonds. The Labute approximate surface area is 203 Å². The number of benzene rings is 3. The molecule has 5 aromatic rings. The molecule has 0 atom stereocenters. The van der Waals surface area contributed by atoms with E-state index in [4.69, 9.17) is 0 Å². The Morgan fingerprint density at radius 1 is 0.971 bits per heavy atom. The van der Waals surface area contributed by atoms with E-state index in [1.165, 1.54) is 4.68 Å². The Morgan fingerprint density at radius 2 is 1.69 bits per heavy atom. The highest BCUT2D eigenvalue weighted by Gasteiger charge is 2.23. The minimum absolute atomic E-state index is 0.196. The first-order valence-corrected chi connectivity index (χ1v) is 11.8. The monoisotopic (exact) mass is 469 g/mol. The zero-order chi connectivity index (χ0) is 24.7. The highest BCUT2D eigenvalue weighted by molar-refractivity contribution is 5.97. The molecular formula is C29H28FN3O2. The zero-order valence-corrected chi connectivity index (χ0v) is 20.1. The molecule has 5 rings (SSSR count). The van der Waals surface area contributed by atoms with E-state index in [0.717, 1.165) is 27.4 Å². The van der Waals surface area contributed by atoms with Crippen LogP contribution in [0.4, 0.5) is 4.39 Å². The van der Waals surface area contributed by atoms with Crippen LogP contribution in [0.25, 0.3) is 32.8 Å². The van der Waals surface area contributed by atoms with Crippen molar-refractivity contribution in [1.82, 2.24) is 14.3 Å². The van der Waals surface area contributed by atoms with E-state index < -0.39 is 12.4 Å². The smallest absolute Gasteiger partial charge is 0.276 e. The highest BCUT2D eigenvalue weighted by atomic mass is 19.1. The average Bonchev–Trinajstić information content (AvgIpc) is 3.22. The molecule has 0 radical (unpaired) electrons. The maximum atomic E-state index is 15.6. The fraction of sp³-hybridized carbons (Fsp3) is 0.241. The van der Waals surface area contributed by atoms with Gasteiger partial charge >= 0.3 is 0 Å². The molecule has 0 fully saturated rings. The van der Waals surface area contributed by atoms with Crippen molar-refractivity contribution < 1.29 is 9.50 Å². The number of halogens is 1. The maximum absolute atomic E-state index is 15.6. The summed E-state index contributed by atoms with van der Waals surface area (Å²) < 4.78 is 18.9. The van der Waals surface area contributed by atoms with Gasteiger partial charge in [-0.25, -0.2) is 9.07 Å². The first kappa shape index (κ1) is 23.0. The molecule has 2 aromatic heterocycles. The number of fused-ring (bicyclic) bond motifs is 2. The second kappa shape index (κ2) is 9.12. The van der Waals surface area contributed by atoms with E-state index in [9.17, 15) is 9.90 Å². The van der Waals surface area contributed by atoms with Crippen LogP contribution >= 0.6 is 0 Å². The number of aryl methyl sites for hydroxylation is 1. The van der Waals surface area contributed by atoms with Crippen molar-refractivity contribution in [2.24, 2.45) is 13.0 Å². The van der Waals surface area contributed by atoms with Crippen LogP contribution < -0.4 is 5.56 Å². The molecule has 0 bridgehead atoms. The second-order valence-electron chi connectivity index (χ2n) is 9.44. The van der Waals surface area contributed by atoms with E-state index in [2.05, 4.69) is 43.2 Å². The van der Waals surface area contributed by atoms with Crippen LogP contribution in [0.5, 0.6) is 0 Å². The summed E-state index contributed by atoms with van der Waals surface area (Å²) in [5.74, 6) is -0.180. The lowest BCUT2D eigenvalue weighted by molar-refractivity contribution is 0.276. The minimum Gasteiger partial charge on any atom is -0.392 e. The first-order valence-electron chi connectivity index (χ1n) is 11.8. The van der Waals surface area contributed by atoms with Crippen molar-refractivity contribution >= 4 is 21.5 Å². The fourth-order valence-corrected chi connectivity index (χ4v) is 4.88. The number of aliphatic hydroxyl groups excluding tert-OH is 1. The van der Waals surface area contributed by atoms with E-state index in [1.54, 1.807) is 25.2 Å². The molecule has 0 aliphatic rings. The van der Waals surface area contributed by atoms with Gasteiger partial charge in [0.2, 0.25) is 0 Å². The number of rotatable bonds is 6. The number of nitrogens with zero attached hydrogens (tertiary/aromatic N) is 3. The summed E-state index contributed by atoms with van der Waals surface area (Å²) in [5, 5.41) is 17.7. The molecule has 2 heterocycles. The molecule has 1 N–H and O–H groups in total. The van der Waals surface area contributed by atoms with Gasteiger partial charge in [0.05, 0.1) is 23.4 Å². The Balaban J connectivity index is 1.84. The third-order valence-electron chi connectivity index (χ3n) is 6.49. The van der Waals surface area contributed by atoms with Gasteiger partial charge in [-0.05, 0) is 34.7 Å². The molecule has 6 heteroatoms. The molecule has 0 spiro atoms. The third-order valence-corrected chi connectivity index (χ3v) is 6.49. The topological polar surface area (TPSA) is 60.1 Å². The first-order chi connectivity index (χ1) is 16.9. The lowest BCUT2D eigenvalue weighted by atomic mass is 10.0. The summed E-state index contributed by atoms with van der Waals surface area (Å²) in [5.41, 5.74) is 2.61. The SMILES string of the molecule is CC(C)Cc1nn(C)c(=O)c2c(-c3cccc(CO)c3F)n(Cc3cccc4ccccc34)cc12. The normalized spacial score (nSPS) is 11.7. The molecule has 0 saturated carbocycles. The van der Waals surface area contributed by atoms with Gasteiger partial charge in [0, 0.05) is 36.3 Å². The lowest BCUT2D eigenvalue weighted by Gasteiger charge is -2.14. The van der Waals surface area contributed by atoms with Gasteiger partial charge < -0.3 is 9.67 Å². The number of aromatic nitrogens is 3. The zero-order valence-electron chi connectivity index (χ0n) is 20.1. The molecule has 5 nitrogen and oxygen atoms in total. The predicted molar refractivity (Wildman–Crippen MR) is 138 cm³/mol. The van der Waals surface area contributed by atoms with Gasteiger partial charge in [0.25, 0.3) is 5.56 Å². The Hall–Kier alpha value is -3.77. The van der Waals surface area contributed by atoms with Gasteiger partial charge in [0.15, 0.2) is 0 Å². The molecule has 35 heavy (non-hydrogen) atoms. The van der Waals surface area contributed by atoms with Crippen molar-refractivity contribution in [3.8, 4) is 11.3 Å². The minimum atomic E-state index is -0.515. The largest absolute Gasteiger partial charge is 0.392 e. The summed E-state index contributed by atoms with van der Waals surface area (Å²) in [6, 6.07) is 19.2. The quantitative estimate of drug-likeness (QED) is 0.361. The van der Waals surface area contributed by atoms with Gasteiger partial charge in [-0.1, -0.05) is 68.4 Å². The van der Waals surface area contributed by atoms with Crippen LogP contribution in [0, 0.1) is 11.7 Å². The molecule has 0 aliphatic heterocycles. The second-order valence-corrected chi connectivity index (χ2v) is 9.44. The molecule has 0 aliphatic carbocycles. The summed E-state index contributed by atoms with van der Waals surface area (Å²) in [7, 11) is 1.64. The molecular weight excluding hydrogens is 441 g/mol. The number of hydrogen-bond acceptors (Lipinski definition) is 3. The summed E-state index contributed by atoms with van der Waals surface area (Å²) in [6.45, 7) is 4.26. The van der Waals surface area contributed by atoms with Gasteiger partial charge in [-0.15, -0.1) is 0 Å². The predicted octanol–water partition coefficient (Wildman–Crippen LogP) is 5.43. The average molecular weight is 470 g/mol. The summed E-state index contributed by atoms with van der Waals surface area (Å²) in [4.78, 5) is 13.4. The summed E-state index contributed by atoms with van der Waals surface area (Å²) >= 11 is 0. The van der Waals surface area contributed by atoms with Gasteiger partial charge in [-0.3, -0.25) is 4.79 Å². The van der Waals surface area contributed by atoms with Crippen molar-refractivity contribution in [3.05, 3.63) is 99.9 Å². The van der Waals surface area contributed by atoms with Gasteiger partial charge in [0.1, 0.15) is 5.82 Å². The Bertz CT molecular complexity index is 1610. The number of hydrogen-bond donors (Lipinski definition) is 1. The standard InChI is InChI=1S/C29H28FN3O2/c1-18(2)14-25-24-16-33(15-20-10-6-9-19-8-4-5-12-22(19)20)28(26(24)29(35)32(3)31-25)23-13-7-11-21(17-34)27(23)30/h4-13,16,18,34H,14-15,17H2,1-3H3. The van der Waals surface area contributed by atoms with Crippen molar-refractivity contribution in [2.45, 2.75) is 33.4 Å². The van der Waals surface area contributed by atoms with Crippen molar-refractivity contribution in [3.63, 3.8) is 0 Å². The summed E-state index contributed by atoms with van der Waals surface area (Å²) in [6.07, 6.45) is 2.63. The van der Waals surface area contributed by atoms with E-state index in [0.29, 0.717) is 35.5 Å². The Kier molecular flexibility index (Phi) is 5.99. The van der Waals surface area contributed by atoms with Crippen LogP contribution in [-0.2, 0) is 26.6 Å². The van der Waals surface area contributed by atoms with Crippen LogP contribution in [0.1, 0.15) is 30.7 Å². The highest BCUT2D eigenvalue weighted by Crippen LogP contribution is 2.34. The van der Waals surface area contributed by atoms with E-state index in [1.807, 2.05) is 29.0 Å². The number of aliphatic hydroxyl groups is 1. The third kappa shape index (κ3) is 4.04. The molecule has 178 valence electrons. The van der Waals surface area contributed by atoms with E-state index >= 15 is 4.39 Å². The van der Waals surface area contributed by atoms with Crippen molar-refractivity contribution in [2.75, 3.05) is 0 Å². The van der Waals surface area contributed by atoms with Gasteiger partial charge in [-0.2, -0.15) is 5.10 Å². The Morgan fingerprint density at radius 3 is 2.46 bits per heavy atom. The van der Waals surface area contributed by atoms with Crippen LogP contribution in [0.15, 0.2) is 71.7 Å². The van der Waals surface area contributed by atoms with E-state index in [-0.39, 0.29) is 11.1 Å². The molecule has 0 unspecified atom stereocenters. The van der Waals surface area contributed by atoms with Crippen LogP contribution in [-0.4, -0.2) is 19.5 Å². The fourth-order valence-electron chi connectivity index (χ4n) is 4.88. The van der Waals surface area contributed by atoms with Crippen LogP contribution in [0.2, 0.25) is 0 Å². The molecule has 0 saturated heterocycles. The lowest BCUT2D eigenvalue weighted by Crippen LogP contribution is -2.22.